The third-order valence-corrected chi connectivity index (χ3v) is 7.99. The van der Waals surface area contributed by atoms with Crippen LogP contribution in [0.25, 0.3) is 0 Å². The molecule has 3 heterocycles. The minimum atomic E-state index is -3.01. The van der Waals surface area contributed by atoms with Gasteiger partial charge in [-0.3, -0.25) is 9.48 Å². The van der Waals surface area contributed by atoms with E-state index in [1.54, 1.807) is 0 Å². The van der Waals surface area contributed by atoms with E-state index in [1.165, 1.54) is 0 Å². The van der Waals surface area contributed by atoms with Gasteiger partial charge < -0.3 is 10.2 Å². The minimum Gasteiger partial charge on any atom is -0.361 e. The molecule has 156 valence electrons. The molecule has 1 N–H and O–H groups in total. The summed E-state index contributed by atoms with van der Waals surface area (Å²) in [6, 6.07) is 7.47. The molecule has 7 nitrogen and oxygen atoms in total. The van der Waals surface area contributed by atoms with Crippen molar-refractivity contribution in [3.63, 3.8) is 0 Å². The largest absolute Gasteiger partial charge is 0.361 e. The van der Waals surface area contributed by atoms with Crippen LogP contribution in [0, 0.1) is 13.8 Å². The summed E-state index contributed by atoms with van der Waals surface area (Å²) >= 11 is 0. The first-order chi connectivity index (χ1) is 13.7. The Hall–Kier alpha value is -2.35. The maximum atomic E-state index is 13.4. The van der Waals surface area contributed by atoms with Gasteiger partial charge in [0.1, 0.15) is 6.17 Å². The maximum Gasteiger partial charge on any atom is 0.258 e. The lowest BCUT2D eigenvalue weighted by Crippen LogP contribution is -2.47. The molecular formula is C21H28N4O3S. The summed E-state index contributed by atoms with van der Waals surface area (Å²) in [7, 11) is -3.01. The number of carbonyl (C=O) groups excluding carboxylic acids is 1. The van der Waals surface area contributed by atoms with Gasteiger partial charge in [-0.15, -0.1) is 0 Å². The molecule has 1 amide bonds. The first-order valence-corrected chi connectivity index (χ1v) is 12.0. The van der Waals surface area contributed by atoms with Gasteiger partial charge in [0.05, 0.1) is 28.8 Å². The zero-order valence-corrected chi connectivity index (χ0v) is 18.2. The van der Waals surface area contributed by atoms with Crippen molar-refractivity contribution >= 4 is 21.4 Å². The standard InChI is InChI=1S/C21H28N4O3S/c1-5-13(2)24-20(22-18-9-7-6-8-17(18)21(24)26)19-14(3)23-25(15(19)4)16-10-11-29(27,28)12-16/h6-9,13,16,20,22H,5,10-12H2,1-4H3/t13-,16-,20+/m1/s1. The molecule has 2 aliphatic heterocycles. The Morgan fingerprint density at radius 1 is 1.28 bits per heavy atom. The van der Waals surface area contributed by atoms with E-state index >= 15 is 0 Å². The third-order valence-electron chi connectivity index (χ3n) is 6.24. The number of carbonyl (C=O) groups is 1. The van der Waals surface area contributed by atoms with Crippen LogP contribution in [-0.4, -0.2) is 46.6 Å². The van der Waals surface area contributed by atoms with Crippen molar-refractivity contribution in [2.75, 3.05) is 16.8 Å². The van der Waals surface area contributed by atoms with Crippen molar-refractivity contribution in [3.05, 3.63) is 46.8 Å². The fourth-order valence-electron chi connectivity index (χ4n) is 4.53. The molecule has 1 aromatic carbocycles. The molecule has 2 aromatic rings. The van der Waals surface area contributed by atoms with Crippen LogP contribution in [-0.2, 0) is 9.84 Å². The van der Waals surface area contributed by atoms with Crippen LogP contribution >= 0.6 is 0 Å². The number of para-hydroxylation sites is 1. The third kappa shape index (κ3) is 3.33. The highest BCUT2D eigenvalue weighted by Gasteiger charge is 2.39. The lowest BCUT2D eigenvalue weighted by atomic mass is 9.99. The van der Waals surface area contributed by atoms with E-state index in [-0.39, 0.29) is 35.7 Å². The highest BCUT2D eigenvalue weighted by molar-refractivity contribution is 7.91. The van der Waals surface area contributed by atoms with Crippen LogP contribution < -0.4 is 5.32 Å². The van der Waals surface area contributed by atoms with E-state index in [0.717, 1.165) is 29.1 Å². The molecule has 1 saturated heterocycles. The quantitative estimate of drug-likeness (QED) is 0.827. The topological polar surface area (TPSA) is 84.3 Å². The van der Waals surface area contributed by atoms with E-state index in [4.69, 9.17) is 5.10 Å². The van der Waals surface area contributed by atoms with Gasteiger partial charge in [0, 0.05) is 23.0 Å². The second-order valence-corrected chi connectivity index (χ2v) is 10.4. The summed E-state index contributed by atoms with van der Waals surface area (Å²) in [4.78, 5) is 15.2. The molecule has 0 spiro atoms. The molecule has 29 heavy (non-hydrogen) atoms. The van der Waals surface area contributed by atoms with E-state index in [2.05, 4.69) is 19.2 Å². The van der Waals surface area contributed by atoms with Crippen LogP contribution in [0.15, 0.2) is 24.3 Å². The summed E-state index contributed by atoms with van der Waals surface area (Å²) in [6.45, 7) is 8.03. The molecule has 2 aliphatic rings. The van der Waals surface area contributed by atoms with Crippen LogP contribution in [0.4, 0.5) is 5.69 Å². The molecule has 1 aromatic heterocycles. The highest BCUT2D eigenvalue weighted by Crippen LogP contribution is 2.38. The molecule has 0 saturated carbocycles. The van der Waals surface area contributed by atoms with E-state index in [1.807, 2.05) is 47.7 Å². The van der Waals surface area contributed by atoms with Crippen LogP contribution in [0.5, 0.6) is 0 Å². The summed E-state index contributed by atoms with van der Waals surface area (Å²) in [5, 5.41) is 8.25. The predicted octanol–water partition coefficient (Wildman–Crippen LogP) is 3.22. The smallest absolute Gasteiger partial charge is 0.258 e. The number of rotatable bonds is 4. The number of benzene rings is 1. The zero-order chi connectivity index (χ0) is 20.9. The number of fused-ring (bicyclic) bond motifs is 1. The molecule has 1 fully saturated rings. The Balaban J connectivity index is 1.79. The van der Waals surface area contributed by atoms with Crippen molar-refractivity contribution in [1.82, 2.24) is 14.7 Å². The number of aryl methyl sites for hydroxylation is 1. The van der Waals surface area contributed by atoms with Crippen molar-refractivity contribution in [2.24, 2.45) is 0 Å². The van der Waals surface area contributed by atoms with Gasteiger partial charge in [-0.05, 0) is 45.7 Å². The second-order valence-electron chi connectivity index (χ2n) is 8.15. The molecule has 0 radical (unpaired) electrons. The number of anilines is 1. The highest BCUT2D eigenvalue weighted by atomic mass is 32.2. The zero-order valence-electron chi connectivity index (χ0n) is 17.3. The van der Waals surface area contributed by atoms with Gasteiger partial charge in [0.25, 0.3) is 5.91 Å². The van der Waals surface area contributed by atoms with Crippen molar-refractivity contribution < 1.29 is 13.2 Å². The van der Waals surface area contributed by atoms with Crippen LogP contribution in [0.3, 0.4) is 0 Å². The van der Waals surface area contributed by atoms with Gasteiger partial charge in [-0.2, -0.15) is 5.10 Å². The second kappa shape index (κ2) is 7.16. The summed E-state index contributed by atoms with van der Waals surface area (Å²) in [5.41, 5.74) is 4.19. The minimum absolute atomic E-state index is 0.00805. The van der Waals surface area contributed by atoms with E-state index < -0.39 is 9.84 Å². The molecular weight excluding hydrogens is 388 g/mol. The van der Waals surface area contributed by atoms with Gasteiger partial charge in [0.15, 0.2) is 9.84 Å². The fourth-order valence-corrected chi connectivity index (χ4v) is 6.22. The van der Waals surface area contributed by atoms with E-state index in [0.29, 0.717) is 12.0 Å². The first kappa shape index (κ1) is 19.9. The van der Waals surface area contributed by atoms with Gasteiger partial charge >= 0.3 is 0 Å². The Morgan fingerprint density at radius 3 is 2.66 bits per heavy atom. The Morgan fingerprint density at radius 2 is 2.00 bits per heavy atom. The number of amides is 1. The number of nitrogens with one attached hydrogen (secondary N) is 1. The Bertz CT molecular complexity index is 1060. The molecule has 0 aliphatic carbocycles. The predicted molar refractivity (Wildman–Crippen MR) is 113 cm³/mol. The average molecular weight is 417 g/mol. The average Bonchev–Trinajstić information content (AvgIpc) is 3.19. The summed E-state index contributed by atoms with van der Waals surface area (Å²) in [6.07, 6.45) is 1.08. The maximum absolute atomic E-state index is 13.4. The van der Waals surface area contributed by atoms with Crippen LogP contribution in [0.2, 0.25) is 0 Å². The van der Waals surface area contributed by atoms with Crippen molar-refractivity contribution in [1.29, 1.82) is 0 Å². The summed E-state index contributed by atoms with van der Waals surface area (Å²) < 4.78 is 25.8. The Kier molecular flexibility index (Phi) is 4.93. The molecule has 0 unspecified atom stereocenters. The fraction of sp³-hybridized carbons (Fsp3) is 0.524. The molecule has 4 rings (SSSR count). The number of sulfone groups is 1. The van der Waals surface area contributed by atoms with Gasteiger partial charge in [0.2, 0.25) is 0 Å². The van der Waals surface area contributed by atoms with E-state index in [9.17, 15) is 13.2 Å². The number of nitrogens with zero attached hydrogens (tertiary/aromatic N) is 3. The van der Waals surface area contributed by atoms with Crippen molar-refractivity contribution in [2.45, 2.75) is 58.8 Å². The lowest BCUT2D eigenvalue weighted by Gasteiger charge is -2.41. The Labute approximate surface area is 172 Å². The molecule has 0 bridgehead atoms. The summed E-state index contributed by atoms with van der Waals surface area (Å²) in [5.74, 6) is 0.343. The first-order valence-electron chi connectivity index (χ1n) is 10.2. The lowest BCUT2D eigenvalue weighted by molar-refractivity contribution is 0.0592. The van der Waals surface area contributed by atoms with Gasteiger partial charge in [-0.25, -0.2) is 8.42 Å². The molecule has 8 heteroatoms. The number of hydrogen-bond acceptors (Lipinski definition) is 5. The SMILES string of the molecule is CC[C@@H](C)N1C(=O)c2ccccc2N[C@@H]1c1c(C)nn([C@@H]2CCS(=O)(=O)C2)c1C. The van der Waals surface area contributed by atoms with Gasteiger partial charge in [-0.1, -0.05) is 19.1 Å². The normalized spacial score (nSPS) is 24.3. The number of hydrogen-bond donors (Lipinski definition) is 1. The molecule has 3 atom stereocenters. The monoisotopic (exact) mass is 416 g/mol. The van der Waals surface area contributed by atoms with Crippen LogP contribution in [0.1, 0.15) is 66.2 Å². The number of aromatic nitrogens is 2. The van der Waals surface area contributed by atoms with Crippen molar-refractivity contribution in [3.8, 4) is 0 Å².